The molecule has 1 aliphatic carbocycles. The number of Topliss-reactive ketones (excluding diaryl/α,β-unsaturated/α-hetero) is 1. The Labute approximate surface area is 101 Å². The molecule has 92 valence electrons. The third kappa shape index (κ3) is 6.39. The molecule has 0 aliphatic heterocycles. The Morgan fingerprint density at radius 3 is 2.12 bits per heavy atom. The lowest BCUT2D eigenvalue weighted by Gasteiger charge is -2.14. The van der Waals surface area contributed by atoms with Crippen molar-refractivity contribution in [3.05, 3.63) is 36.0 Å². The van der Waals surface area contributed by atoms with Crippen molar-refractivity contribution in [2.45, 2.75) is 53.9 Å². The summed E-state index contributed by atoms with van der Waals surface area (Å²) in [5.41, 5.74) is 1.81. The first-order valence-corrected chi connectivity index (χ1v) is 6.30. The first-order chi connectivity index (χ1) is 7.75. The SMILES string of the molecule is C=C1CCCC(=O)/C1=C/C=C\C.CC.CC. The van der Waals surface area contributed by atoms with E-state index in [2.05, 4.69) is 6.58 Å². The average molecular weight is 222 g/mol. The number of hydrogen-bond donors (Lipinski definition) is 0. The summed E-state index contributed by atoms with van der Waals surface area (Å²) in [6, 6.07) is 0. The Morgan fingerprint density at radius 2 is 1.69 bits per heavy atom. The fraction of sp³-hybridized carbons (Fsp3) is 0.533. The van der Waals surface area contributed by atoms with E-state index in [0.717, 1.165) is 24.0 Å². The van der Waals surface area contributed by atoms with Crippen LogP contribution in [0.2, 0.25) is 0 Å². The van der Waals surface area contributed by atoms with E-state index in [0.29, 0.717) is 6.42 Å². The van der Waals surface area contributed by atoms with Crippen LogP contribution in [0.4, 0.5) is 0 Å². The van der Waals surface area contributed by atoms with Crippen molar-refractivity contribution in [2.75, 3.05) is 0 Å². The van der Waals surface area contributed by atoms with E-state index < -0.39 is 0 Å². The van der Waals surface area contributed by atoms with E-state index in [9.17, 15) is 4.79 Å². The lowest BCUT2D eigenvalue weighted by molar-refractivity contribution is -0.115. The first kappa shape index (κ1) is 17.3. The van der Waals surface area contributed by atoms with Gasteiger partial charge >= 0.3 is 0 Å². The summed E-state index contributed by atoms with van der Waals surface area (Å²) in [4.78, 5) is 11.3. The van der Waals surface area contributed by atoms with Crippen molar-refractivity contribution in [1.82, 2.24) is 0 Å². The summed E-state index contributed by atoms with van der Waals surface area (Å²) >= 11 is 0. The maximum absolute atomic E-state index is 11.3. The van der Waals surface area contributed by atoms with Crippen molar-refractivity contribution in [1.29, 1.82) is 0 Å². The lowest BCUT2D eigenvalue weighted by Crippen LogP contribution is -2.10. The van der Waals surface area contributed by atoms with Gasteiger partial charge in [-0.3, -0.25) is 4.79 Å². The van der Waals surface area contributed by atoms with Crippen LogP contribution in [0.1, 0.15) is 53.9 Å². The minimum Gasteiger partial charge on any atom is -0.294 e. The summed E-state index contributed by atoms with van der Waals surface area (Å²) in [6.45, 7) is 13.8. The van der Waals surface area contributed by atoms with E-state index in [1.54, 1.807) is 0 Å². The molecule has 16 heavy (non-hydrogen) atoms. The molecule has 0 heterocycles. The van der Waals surface area contributed by atoms with Gasteiger partial charge in [-0.1, -0.05) is 52.5 Å². The third-order valence-electron chi connectivity index (χ3n) is 2.02. The first-order valence-electron chi connectivity index (χ1n) is 6.30. The van der Waals surface area contributed by atoms with E-state index in [1.807, 2.05) is 52.8 Å². The molecule has 0 radical (unpaired) electrons. The van der Waals surface area contributed by atoms with Crippen LogP contribution in [-0.2, 0) is 4.79 Å². The number of allylic oxidation sites excluding steroid dienone is 5. The van der Waals surface area contributed by atoms with Crippen LogP contribution in [0.25, 0.3) is 0 Å². The average Bonchev–Trinajstić information content (AvgIpc) is 2.34. The highest BCUT2D eigenvalue weighted by atomic mass is 16.1. The molecule has 0 amide bonds. The van der Waals surface area contributed by atoms with Gasteiger partial charge in [0.25, 0.3) is 0 Å². The Morgan fingerprint density at radius 1 is 1.12 bits per heavy atom. The highest BCUT2D eigenvalue weighted by Gasteiger charge is 2.16. The molecule has 0 N–H and O–H groups in total. The molecule has 0 spiro atoms. The monoisotopic (exact) mass is 222 g/mol. The van der Waals surface area contributed by atoms with Gasteiger partial charge in [0.2, 0.25) is 0 Å². The van der Waals surface area contributed by atoms with E-state index in [1.165, 1.54) is 0 Å². The van der Waals surface area contributed by atoms with Gasteiger partial charge in [-0.05, 0) is 25.3 Å². The number of carbonyl (C=O) groups is 1. The molecule has 0 aromatic carbocycles. The van der Waals surface area contributed by atoms with Crippen LogP contribution < -0.4 is 0 Å². The maximum Gasteiger partial charge on any atom is 0.163 e. The topological polar surface area (TPSA) is 17.1 Å². The largest absolute Gasteiger partial charge is 0.294 e. The van der Waals surface area contributed by atoms with Gasteiger partial charge in [0, 0.05) is 12.0 Å². The standard InChI is InChI=1S/C11H14O.2C2H6/c1-3-4-7-10-9(2)6-5-8-11(10)12;2*1-2/h3-4,7H,2,5-6,8H2,1H3;2*1-2H3/b4-3-,10-7+;;. The molecular weight excluding hydrogens is 196 g/mol. The van der Waals surface area contributed by atoms with Crippen LogP contribution >= 0.6 is 0 Å². The minimum absolute atomic E-state index is 0.240. The minimum atomic E-state index is 0.240. The van der Waals surface area contributed by atoms with Gasteiger partial charge in [-0.15, -0.1) is 0 Å². The fourth-order valence-corrected chi connectivity index (χ4v) is 1.33. The Hall–Kier alpha value is -1.11. The predicted molar refractivity (Wildman–Crippen MR) is 73.6 cm³/mol. The van der Waals surface area contributed by atoms with Crippen LogP contribution in [0.5, 0.6) is 0 Å². The fourth-order valence-electron chi connectivity index (χ4n) is 1.33. The van der Waals surface area contributed by atoms with Gasteiger partial charge in [0.1, 0.15) is 0 Å². The number of carbonyl (C=O) groups excluding carboxylic acids is 1. The zero-order valence-electron chi connectivity index (χ0n) is 11.5. The van der Waals surface area contributed by atoms with E-state index >= 15 is 0 Å². The van der Waals surface area contributed by atoms with Gasteiger partial charge in [-0.2, -0.15) is 0 Å². The number of hydrogen-bond acceptors (Lipinski definition) is 1. The van der Waals surface area contributed by atoms with E-state index in [4.69, 9.17) is 0 Å². The van der Waals surface area contributed by atoms with Crippen molar-refractivity contribution >= 4 is 5.78 Å². The zero-order valence-corrected chi connectivity index (χ0v) is 11.5. The normalized spacial score (nSPS) is 17.7. The second-order valence-electron chi connectivity index (χ2n) is 2.99. The molecule has 1 rings (SSSR count). The molecule has 0 aromatic heterocycles. The van der Waals surface area contributed by atoms with Crippen molar-refractivity contribution in [2.24, 2.45) is 0 Å². The van der Waals surface area contributed by atoms with E-state index in [-0.39, 0.29) is 5.78 Å². The Kier molecular flexibility index (Phi) is 12.9. The maximum atomic E-state index is 11.3. The molecule has 0 saturated heterocycles. The van der Waals surface area contributed by atoms with Crippen LogP contribution in [0, 0.1) is 0 Å². The summed E-state index contributed by atoms with van der Waals surface area (Å²) in [5, 5.41) is 0. The molecular formula is C15H26O. The molecule has 0 atom stereocenters. The molecule has 0 bridgehead atoms. The molecule has 0 unspecified atom stereocenters. The molecule has 1 nitrogen and oxygen atoms in total. The smallest absolute Gasteiger partial charge is 0.163 e. The summed E-state index contributed by atoms with van der Waals surface area (Å²) < 4.78 is 0. The molecule has 0 aromatic rings. The quantitative estimate of drug-likeness (QED) is 0.580. The van der Waals surface area contributed by atoms with Gasteiger partial charge in [-0.25, -0.2) is 0 Å². The molecule has 1 heteroatoms. The summed E-state index contributed by atoms with van der Waals surface area (Å²) in [6.07, 6.45) is 8.29. The second kappa shape index (κ2) is 12.0. The zero-order chi connectivity index (χ0) is 13.0. The highest BCUT2D eigenvalue weighted by Crippen LogP contribution is 2.24. The Bertz CT molecular complexity index is 239. The predicted octanol–water partition coefficient (Wildman–Crippen LogP) is 4.85. The lowest BCUT2D eigenvalue weighted by atomic mass is 9.89. The van der Waals surface area contributed by atoms with Gasteiger partial charge in [0.05, 0.1) is 0 Å². The van der Waals surface area contributed by atoms with Crippen molar-refractivity contribution < 1.29 is 4.79 Å². The molecule has 1 saturated carbocycles. The highest BCUT2D eigenvalue weighted by molar-refractivity contribution is 6.00. The van der Waals surface area contributed by atoms with Crippen LogP contribution in [0.3, 0.4) is 0 Å². The number of rotatable bonds is 1. The summed E-state index contributed by atoms with van der Waals surface area (Å²) in [7, 11) is 0. The Balaban J connectivity index is 0. The number of ketones is 1. The van der Waals surface area contributed by atoms with Crippen molar-refractivity contribution in [3.63, 3.8) is 0 Å². The van der Waals surface area contributed by atoms with Crippen molar-refractivity contribution in [3.8, 4) is 0 Å². The van der Waals surface area contributed by atoms with Gasteiger partial charge < -0.3 is 0 Å². The summed E-state index contributed by atoms with van der Waals surface area (Å²) in [5.74, 6) is 0.240. The van der Waals surface area contributed by atoms with Crippen LogP contribution in [-0.4, -0.2) is 5.78 Å². The molecule has 1 fully saturated rings. The second-order valence-corrected chi connectivity index (χ2v) is 2.99. The molecule has 1 aliphatic rings. The third-order valence-corrected chi connectivity index (χ3v) is 2.02. The van der Waals surface area contributed by atoms with Gasteiger partial charge in [0.15, 0.2) is 5.78 Å². The van der Waals surface area contributed by atoms with Crippen LogP contribution in [0.15, 0.2) is 36.0 Å².